The van der Waals surface area contributed by atoms with Gasteiger partial charge >= 0.3 is 0 Å². The van der Waals surface area contributed by atoms with E-state index in [1.807, 2.05) is 24.6 Å². The summed E-state index contributed by atoms with van der Waals surface area (Å²) in [7, 11) is 0. The Kier molecular flexibility index (Phi) is 2.33. The molecule has 1 rings (SSSR count). The molecule has 1 aromatic heterocycles. The number of nitrogens with zero attached hydrogens (tertiary/aromatic N) is 2. The normalized spacial score (nSPS) is 10.3. The zero-order chi connectivity index (χ0) is 7.56. The first kappa shape index (κ1) is 7.61. The van der Waals surface area contributed by atoms with Gasteiger partial charge in [-0.1, -0.05) is 0 Å². The van der Waals surface area contributed by atoms with Gasteiger partial charge in [0.25, 0.3) is 0 Å². The van der Waals surface area contributed by atoms with Crippen LogP contribution in [0, 0.1) is 13.8 Å². The molecule has 1 aromatic rings. The van der Waals surface area contributed by atoms with E-state index in [1.54, 1.807) is 0 Å². The lowest BCUT2D eigenvalue weighted by atomic mass is 10.4. The van der Waals surface area contributed by atoms with Gasteiger partial charge in [-0.05, 0) is 19.9 Å². The van der Waals surface area contributed by atoms with Crippen LogP contribution in [0.2, 0.25) is 0 Å². The molecule has 0 aliphatic carbocycles. The van der Waals surface area contributed by atoms with E-state index >= 15 is 0 Å². The molecule has 0 radical (unpaired) electrons. The minimum Gasteiger partial charge on any atom is -0.268 e. The highest BCUT2D eigenvalue weighted by molar-refractivity contribution is 6.17. The third-order valence-corrected chi connectivity index (χ3v) is 1.57. The van der Waals surface area contributed by atoms with E-state index in [2.05, 4.69) is 5.10 Å². The molecule has 0 fully saturated rings. The van der Waals surface area contributed by atoms with Crippen molar-refractivity contribution in [3.63, 3.8) is 0 Å². The zero-order valence-electron chi connectivity index (χ0n) is 6.26. The Morgan fingerprint density at radius 1 is 1.60 bits per heavy atom. The number of aryl methyl sites for hydroxylation is 3. The van der Waals surface area contributed by atoms with Crippen molar-refractivity contribution in [2.45, 2.75) is 20.4 Å². The molecule has 0 saturated carbocycles. The summed E-state index contributed by atoms with van der Waals surface area (Å²) in [6.07, 6.45) is 0. The van der Waals surface area contributed by atoms with E-state index in [4.69, 9.17) is 11.6 Å². The first-order valence-corrected chi connectivity index (χ1v) is 3.84. The predicted molar refractivity (Wildman–Crippen MR) is 42.4 cm³/mol. The number of rotatable bonds is 2. The van der Waals surface area contributed by atoms with Gasteiger partial charge in [-0.15, -0.1) is 11.6 Å². The largest absolute Gasteiger partial charge is 0.268 e. The van der Waals surface area contributed by atoms with Gasteiger partial charge in [0.2, 0.25) is 0 Å². The maximum absolute atomic E-state index is 5.56. The molecule has 0 aliphatic heterocycles. The second-order valence-electron chi connectivity index (χ2n) is 2.34. The van der Waals surface area contributed by atoms with E-state index in [9.17, 15) is 0 Å². The Hall–Kier alpha value is -0.500. The Balaban J connectivity index is 2.81. The molecule has 0 amide bonds. The quantitative estimate of drug-likeness (QED) is 0.600. The summed E-state index contributed by atoms with van der Waals surface area (Å²) >= 11 is 5.56. The van der Waals surface area contributed by atoms with Crippen LogP contribution in [0.3, 0.4) is 0 Å². The van der Waals surface area contributed by atoms with Gasteiger partial charge in [-0.2, -0.15) is 5.10 Å². The Labute approximate surface area is 65.8 Å². The average Bonchev–Trinajstić information content (AvgIpc) is 2.13. The summed E-state index contributed by atoms with van der Waals surface area (Å²) in [5.41, 5.74) is 2.24. The molecule has 2 nitrogen and oxygen atoms in total. The smallest absolute Gasteiger partial charge is 0.0596 e. The fourth-order valence-electron chi connectivity index (χ4n) is 0.981. The lowest BCUT2D eigenvalue weighted by molar-refractivity contribution is 0.638. The van der Waals surface area contributed by atoms with Gasteiger partial charge in [0.1, 0.15) is 0 Å². The van der Waals surface area contributed by atoms with E-state index in [1.165, 1.54) is 5.69 Å². The van der Waals surface area contributed by atoms with Crippen LogP contribution < -0.4 is 0 Å². The molecule has 0 spiro atoms. The van der Waals surface area contributed by atoms with Crippen molar-refractivity contribution in [3.8, 4) is 0 Å². The summed E-state index contributed by atoms with van der Waals surface area (Å²) in [6.45, 7) is 4.82. The highest BCUT2D eigenvalue weighted by Gasteiger charge is 1.97. The van der Waals surface area contributed by atoms with Crippen molar-refractivity contribution in [1.29, 1.82) is 0 Å². The standard InChI is InChI=1S/C7H11ClN2/c1-6-5-7(2)10(9-6)4-3-8/h5H,3-4H2,1-2H3. The Morgan fingerprint density at radius 2 is 2.30 bits per heavy atom. The van der Waals surface area contributed by atoms with Crippen LogP contribution >= 0.6 is 11.6 Å². The maximum Gasteiger partial charge on any atom is 0.0596 e. The molecule has 0 saturated heterocycles. The van der Waals surface area contributed by atoms with Gasteiger partial charge in [0.05, 0.1) is 12.2 Å². The van der Waals surface area contributed by atoms with Gasteiger partial charge < -0.3 is 0 Å². The van der Waals surface area contributed by atoms with Crippen LogP contribution in [0.4, 0.5) is 0 Å². The zero-order valence-corrected chi connectivity index (χ0v) is 7.02. The van der Waals surface area contributed by atoms with Crippen molar-refractivity contribution in [1.82, 2.24) is 9.78 Å². The van der Waals surface area contributed by atoms with Crippen LogP contribution in [0.1, 0.15) is 11.4 Å². The summed E-state index contributed by atoms with van der Waals surface area (Å²) in [6, 6.07) is 2.05. The van der Waals surface area contributed by atoms with Crippen LogP contribution in [0.15, 0.2) is 6.07 Å². The second-order valence-corrected chi connectivity index (χ2v) is 2.72. The van der Waals surface area contributed by atoms with E-state index in [-0.39, 0.29) is 0 Å². The number of hydrogen-bond donors (Lipinski definition) is 0. The summed E-state index contributed by atoms with van der Waals surface area (Å²) in [4.78, 5) is 0. The summed E-state index contributed by atoms with van der Waals surface area (Å²) in [5.74, 6) is 0.627. The summed E-state index contributed by atoms with van der Waals surface area (Å²) in [5, 5.41) is 4.23. The molecule has 0 aliphatic rings. The molecule has 3 heteroatoms. The fourth-order valence-corrected chi connectivity index (χ4v) is 1.14. The van der Waals surface area contributed by atoms with Crippen molar-refractivity contribution < 1.29 is 0 Å². The number of hydrogen-bond acceptors (Lipinski definition) is 1. The molecule has 1 heterocycles. The van der Waals surface area contributed by atoms with Crippen molar-refractivity contribution in [3.05, 3.63) is 17.5 Å². The Morgan fingerprint density at radius 3 is 2.70 bits per heavy atom. The van der Waals surface area contributed by atoms with Gasteiger partial charge in [0, 0.05) is 11.6 Å². The number of halogens is 1. The highest BCUT2D eigenvalue weighted by Crippen LogP contribution is 2.01. The monoisotopic (exact) mass is 158 g/mol. The number of alkyl halides is 1. The lowest BCUT2D eigenvalue weighted by Gasteiger charge is -1.98. The topological polar surface area (TPSA) is 17.8 Å². The molecule has 0 aromatic carbocycles. The second kappa shape index (κ2) is 3.06. The van der Waals surface area contributed by atoms with Crippen LogP contribution in [-0.4, -0.2) is 15.7 Å². The molecule has 0 unspecified atom stereocenters. The minimum absolute atomic E-state index is 0.627. The molecular formula is C7H11ClN2. The van der Waals surface area contributed by atoms with E-state index in [0.717, 1.165) is 12.2 Å². The van der Waals surface area contributed by atoms with Gasteiger partial charge in [-0.25, -0.2) is 0 Å². The number of aromatic nitrogens is 2. The van der Waals surface area contributed by atoms with Gasteiger partial charge in [-0.3, -0.25) is 4.68 Å². The van der Waals surface area contributed by atoms with Crippen molar-refractivity contribution in [2.24, 2.45) is 0 Å². The lowest BCUT2D eigenvalue weighted by Crippen LogP contribution is -2.02. The van der Waals surface area contributed by atoms with Crippen molar-refractivity contribution >= 4 is 11.6 Å². The van der Waals surface area contributed by atoms with E-state index in [0.29, 0.717) is 5.88 Å². The molecule has 56 valence electrons. The van der Waals surface area contributed by atoms with Crippen LogP contribution in [-0.2, 0) is 6.54 Å². The predicted octanol–water partition coefficient (Wildman–Crippen LogP) is 1.74. The molecule has 0 N–H and O–H groups in total. The van der Waals surface area contributed by atoms with Crippen molar-refractivity contribution in [2.75, 3.05) is 5.88 Å². The first-order valence-electron chi connectivity index (χ1n) is 3.31. The fraction of sp³-hybridized carbons (Fsp3) is 0.571. The molecule has 10 heavy (non-hydrogen) atoms. The summed E-state index contributed by atoms with van der Waals surface area (Å²) < 4.78 is 1.92. The minimum atomic E-state index is 0.627. The maximum atomic E-state index is 5.56. The first-order chi connectivity index (χ1) is 4.74. The van der Waals surface area contributed by atoms with E-state index < -0.39 is 0 Å². The third kappa shape index (κ3) is 1.51. The molecule has 0 atom stereocenters. The SMILES string of the molecule is Cc1cc(C)n(CCCl)n1. The van der Waals surface area contributed by atoms with Gasteiger partial charge in [0.15, 0.2) is 0 Å². The third-order valence-electron chi connectivity index (χ3n) is 1.40. The molecular weight excluding hydrogens is 148 g/mol. The highest BCUT2D eigenvalue weighted by atomic mass is 35.5. The Bertz CT molecular complexity index is 217. The average molecular weight is 159 g/mol. The van der Waals surface area contributed by atoms with Crippen LogP contribution in [0.5, 0.6) is 0 Å². The van der Waals surface area contributed by atoms with Crippen LogP contribution in [0.25, 0.3) is 0 Å². The molecule has 0 bridgehead atoms.